The van der Waals surface area contributed by atoms with Crippen molar-refractivity contribution < 1.29 is 0 Å². The van der Waals surface area contributed by atoms with Gasteiger partial charge in [-0.3, -0.25) is 0 Å². The highest BCUT2D eigenvalue weighted by Gasteiger charge is 2.06. The fraction of sp³-hybridized carbons (Fsp3) is 0.0714. The van der Waals surface area contributed by atoms with Gasteiger partial charge in [0, 0.05) is 30.2 Å². The fourth-order valence-corrected chi connectivity index (χ4v) is 2.07. The van der Waals surface area contributed by atoms with Crippen LogP contribution in [0.2, 0.25) is 0 Å². The maximum Gasteiger partial charge on any atom is 0.145 e. The summed E-state index contributed by atoms with van der Waals surface area (Å²) in [7, 11) is 1.99. The zero-order valence-corrected chi connectivity index (χ0v) is 10.3. The van der Waals surface area contributed by atoms with Crippen molar-refractivity contribution in [2.75, 3.05) is 5.32 Å². The van der Waals surface area contributed by atoms with E-state index < -0.39 is 0 Å². The Balaban J connectivity index is 2.04. The normalized spacial score (nSPS) is 10.3. The lowest BCUT2D eigenvalue weighted by atomic mass is 10.2. The van der Waals surface area contributed by atoms with Crippen LogP contribution in [0.25, 0.3) is 10.9 Å². The van der Waals surface area contributed by atoms with Crippen LogP contribution in [-0.2, 0) is 7.05 Å². The van der Waals surface area contributed by atoms with Crippen molar-refractivity contribution in [3.63, 3.8) is 0 Å². The van der Waals surface area contributed by atoms with E-state index in [0.29, 0.717) is 11.5 Å². The van der Waals surface area contributed by atoms with Crippen molar-refractivity contribution in [1.82, 2.24) is 14.5 Å². The van der Waals surface area contributed by atoms with Crippen molar-refractivity contribution in [2.45, 2.75) is 0 Å². The van der Waals surface area contributed by atoms with Crippen LogP contribution in [0.3, 0.4) is 0 Å². The second kappa shape index (κ2) is 4.42. The Bertz CT molecular complexity index is 782. The zero-order chi connectivity index (χ0) is 13.2. The third-order valence-electron chi connectivity index (χ3n) is 2.94. The molecule has 1 aromatic carbocycles. The molecule has 5 nitrogen and oxygen atoms in total. The number of nitrogens with zero attached hydrogens (tertiary/aromatic N) is 4. The molecule has 19 heavy (non-hydrogen) atoms. The van der Waals surface area contributed by atoms with Gasteiger partial charge in [0.25, 0.3) is 0 Å². The summed E-state index contributed by atoms with van der Waals surface area (Å²) in [5, 5.41) is 13.2. The number of hydrogen-bond acceptors (Lipinski definition) is 4. The van der Waals surface area contributed by atoms with Crippen LogP contribution in [0, 0.1) is 11.3 Å². The molecule has 5 heteroatoms. The van der Waals surface area contributed by atoms with Gasteiger partial charge in [-0.25, -0.2) is 9.97 Å². The van der Waals surface area contributed by atoms with E-state index in [9.17, 15) is 0 Å². The van der Waals surface area contributed by atoms with Gasteiger partial charge < -0.3 is 9.88 Å². The van der Waals surface area contributed by atoms with E-state index in [0.717, 1.165) is 16.6 Å². The van der Waals surface area contributed by atoms with Gasteiger partial charge in [-0.05, 0) is 6.07 Å². The standard InChI is InChI=1S/C14H11N5/c1-19-8-12(11-4-2-3-5-13(11)19)18-14-6-10(7-15)16-9-17-14/h2-6,8-9H,1H3,(H,16,17,18). The molecule has 0 atom stereocenters. The molecule has 0 aliphatic heterocycles. The molecule has 3 aromatic rings. The van der Waals surface area contributed by atoms with Gasteiger partial charge in [-0.1, -0.05) is 18.2 Å². The van der Waals surface area contributed by atoms with Crippen LogP contribution < -0.4 is 5.32 Å². The monoisotopic (exact) mass is 249 g/mol. The van der Waals surface area contributed by atoms with E-state index in [2.05, 4.69) is 21.4 Å². The first kappa shape index (κ1) is 11.2. The lowest BCUT2D eigenvalue weighted by Gasteiger charge is -2.03. The molecule has 2 heterocycles. The predicted octanol–water partition coefficient (Wildman–Crippen LogP) is 2.58. The number of aromatic nitrogens is 3. The largest absolute Gasteiger partial charge is 0.348 e. The number of fused-ring (bicyclic) bond motifs is 1. The van der Waals surface area contributed by atoms with Gasteiger partial charge in [-0.2, -0.15) is 5.26 Å². The number of para-hydroxylation sites is 1. The number of nitriles is 1. The van der Waals surface area contributed by atoms with E-state index in [1.165, 1.54) is 6.33 Å². The van der Waals surface area contributed by atoms with Gasteiger partial charge in [-0.15, -0.1) is 0 Å². The third-order valence-corrected chi connectivity index (χ3v) is 2.94. The van der Waals surface area contributed by atoms with Crippen molar-refractivity contribution in [1.29, 1.82) is 5.26 Å². The van der Waals surface area contributed by atoms with Crippen LogP contribution >= 0.6 is 0 Å². The highest BCUT2D eigenvalue weighted by molar-refractivity contribution is 5.94. The summed E-state index contributed by atoms with van der Waals surface area (Å²) in [6, 6.07) is 11.7. The molecule has 0 aliphatic rings. The van der Waals surface area contributed by atoms with Gasteiger partial charge in [0.2, 0.25) is 0 Å². The van der Waals surface area contributed by atoms with Crippen LogP contribution in [0.4, 0.5) is 11.5 Å². The van der Waals surface area contributed by atoms with Crippen LogP contribution in [-0.4, -0.2) is 14.5 Å². The average Bonchev–Trinajstić information content (AvgIpc) is 2.76. The second-order valence-corrected chi connectivity index (χ2v) is 4.20. The minimum atomic E-state index is 0.345. The quantitative estimate of drug-likeness (QED) is 0.758. The van der Waals surface area contributed by atoms with Crippen LogP contribution in [0.1, 0.15) is 5.69 Å². The summed E-state index contributed by atoms with van der Waals surface area (Å²) in [5.41, 5.74) is 2.44. The van der Waals surface area contributed by atoms with E-state index >= 15 is 0 Å². The number of benzene rings is 1. The Kier molecular flexibility index (Phi) is 2.62. The second-order valence-electron chi connectivity index (χ2n) is 4.20. The molecule has 0 unspecified atom stereocenters. The summed E-state index contributed by atoms with van der Waals surface area (Å²) in [5.74, 6) is 0.614. The number of nitrogens with one attached hydrogen (secondary N) is 1. The van der Waals surface area contributed by atoms with Gasteiger partial charge >= 0.3 is 0 Å². The van der Waals surface area contributed by atoms with E-state index in [1.54, 1.807) is 6.07 Å². The molecule has 0 radical (unpaired) electrons. The molecule has 92 valence electrons. The molecule has 3 rings (SSSR count). The van der Waals surface area contributed by atoms with E-state index in [-0.39, 0.29) is 0 Å². The first-order valence-electron chi connectivity index (χ1n) is 5.81. The SMILES string of the molecule is Cn1cc(Nc2cc(C#N)ncn2)c2ccccc21. The van der Waals surface area contributed by atoms with Gasteiger partial charge in [0.05, 0.1) is 5.69 Å². The highest BCUT2D eigenvalue weighted by atomic mass is 15.0. The van der Waals surface area contributed by atoms with Crippen molar-refractivity contribution in [2.24, 2.45) is 7.05 Å². The Morgan fingerprint density at radius 2 is 2.11 bits per heavy atom. The highest BCUT2D eigenvalue weighted by Crippen LogP contribution is 2.27. The topological polar surface area (TPSA) is 66.5 Å². The molecule has 0 saturated carbocycles. The minimum absolute atomic E-state index is 0.345. The van der Waals surface area contributed by atoms with Gasteiger partial charge in [0.15, 0.2) is 0 Å². The number of rotatable bonds is 2. The smallest absolute Gasteiger partial charge is 0.145 e. The number of anilines is 2. The Labute approximate surface area is 110 Å². The fourth-order valence-electron chi connectivity index (χ4n) is 2.07. The summed E-state index contributed by atoms with van der Waals surface area (Å²) in [6.07, 6.45) is 3.38. The maximum absolute atomic E-state index is 8.83. The Morgan fingerprint density at radius 1 is 1.26 bits per heavy atom. The first-order chi connectivity index (χ1) is 9.28. The summed E-state index contributed by atoms with van der Waals surface area (Å²) < 4.78 is 2.05. The molecule has 0 bridgehead atoms. The van der Waals surface area contributed by atoms with Crippen molar-refractivity contribution in [3.8, 4) is 6.07 Å². The molecule has 2 aromatic heterocycles. The van der Waals surface area contributed by atoms with E-state index in [4.69, 9.17) is 5.26 Å². The maximum atomic E-state index is 8.83. The summed E-state index contributed by atoms with van der Waals surface area (Å²) in [4.78, 5) is 7.97. The molecular formula is C14H11N5. The predicted molar refractivity (Wildman–Crippen MR) is 72.9 cm³/mol. The molecule has 0 aliphatic carbocycles. The Hall–Kier alpha value is -2.87. The third kappa shape index (κ3) is 2.00. The molecule has 1 N–H and O–H groups in total. The average molecular weight is 249 g/mol. The van der Waals surface area contributed by atoms with Gasteiger partial charge in [0.1, 0.15) is 23.9 Å². The first-order valence-corrected chi connectivity index (χ1v) is 5.81. The molecule has 0 amide bonds. The summed E-state index contributed by atoms with van der Waals surface area (Å²) in [6.45, 7) is 0. The van der Waals surface area contributed by atoms with Crippen molar-refractivity contribution in [3.05, 3.63) is 48.5 Å². The minimum Gasteiger partial charge on any atom is -0.348 e. The van der Waals surface area contributed by atoms with Crippen molar-refractivity contribution >= 4 is 22.4 Å². The molecule has 0 spiro atoms. The Morgan fingerprint density at radius 3 is 2.95 bits per heavy atom. The molecular weight excluding hydrogens is 238 g/mol. The van der Waals surface area contributed by atoms with E-state index in [1.807, 2.05) is 42.1 Å². The number of hydrogen-bond donors (Lipinski definition) is 1. The zero-order valence-electron chi connectivity index (χ0n) is 10.3. The molecule has 0 saturated heterocycles. The van der Waals surface area contributed by atoms with Crippen LogP contribution in [0.5, 0.6) is 0 Å². The number of aryl methyl sites for hydroxylation is 1. The summed E-state index contributed by atoms with van der Waals surface area (Å²) >= 11 is 0. The lowest BCUT2D eigenvalue weighted by Crippen LogP contribution is -1.95. The molecule has 0 fully saturated rings. The van der Waals surface area contributed by atoms with Crippen LogP contribution in [0.15, 0.2) is 42.9 Å². The lowest BCUT2D eigenvalue weighted by molar-refractivity contribution is 0.970.